The van der Waals surface area contributed by atoms with Gasteiger partial charge in [-0.3, -0.25) is 4.79 Å². The summed E-state index contributed by atoms with van der Waals surface area (Å²) in [6.45, 7) is 13.5. The van der Waals surface area contributed by atoms with Crippen molar-refractivity contribution < 1.29 is 158 Å². The molecule has 32 nitrogen and oxygen atoms in total. The third-order valence-corrected chi connectivity index (χ3v) is 25.3. The number of esters is 1. The highest BCUT2D eigenvalue weighted by atomic mass is 16.8. The molecule has 6 heterocycles. The van der Waals surface area contributed by atoms with Crippen LogP contribution >= 0.6 is 0 Å². The number of ether oxygens (including phenoxy) is 12. The standard InChI is InChI=1S/C65H104O32/c1-24-34(69)37(72)43(78)54(88-24)94-49-29(20-66)90-53(47(82)42(49)77)87-22-30-36(71)39(74)45(80)56(91-30)97-59(85)65-17-15-60(3,4)19-27(65)26-9-10-32-61(5)13-12-33(62(6,23-67)31(61)11-14-64(32,8)63(26,7)16-18-65)92-58-51(96-55-44(79)38(73)35(70)25(2)89-55)48(28(68)21-86-58)93-57-46(81)40(75)41(76)50(95-57)52(83)84/h9,24-25,27-51,53-58,66-82H,10-23H2,1-8H3,(H,83,84)/t24-,25-,27-,28-,29+,30+,31+,32+,33-,34-,35-,36+,37+,38+,39-,40-,41-,42+,43+,44+,45+,46+,47+,48-,49+,50-,51+,53+,54-,55-,56-,57+,58-,61-,62-,63+,64+,65-/m0/s1. The fourth-order valence-corrected chi connectivity index (χ4v) is 19.0. The molecule has 0 unspecified atom stereocenters. The summed E-state index contributed by atoms with van der Waals surface area (Å²) in [6.07, 6.45) is -43.3. The zero-order chi connectivity index (χ0) is 70.9. The molecule has 18 N–H and O–H groups in total. The van der Waals surface area contributed by atoms with Crippen LogP contribution in [0.1, 0.15) is 120 Å². The monoisotopic (exact) mass is 1400 g/mol. The van der Waals surface area contributed by atoms with Crippen LogP contribution in [0.25, 0.3) is 0 Å². The van der Waals surface area contributed by atoms with Crippen molar-refractivity contribution in [3.05, 3.63) is 11.6 Å². The number of carbonyl (C=O) groups is 2. The number of allylic oxidation sites excluding steroid dienone is 2. The molecule has 6 saturated heterocycles. The summed E-state index contributed by atoms with van der Waals surface area (Å²) >= 11 is 0. The lowest BCUT2D eigenvalue weighted by atomic mass is 9.33. The van der Waals surface area contributed by atoms with Gasteiger partial charge in [0.25, 0.3) is 0 Å². The van der Waals surface area contributed by atoms with Crippen LogP contribution in [0.4, 0.5) is 0 Å². The largest absolute Gasteiger partial charge is 0.479 e. The SMILES string of the molecule is C[C@@H]1O[C@@H](O[C@H]2[C@H](O[C@H]3CC[C@@]4(C)[C@@H](CC[C@]5(C)[C@@H]4CC=C4[C@@H]6CC(C)(C)CC[C@]6(C(=O)O[C@@H]6O[C@H](CO[C@@H]7O[C@H](CO)[C@@H](O[C@@H]8O[C@@H](C)[C@H](O)[C@@H](O)[C@H]8O)[C@H](O)[C@H]7O)[C@@H](O)[C@H](O)[C@H]6O)CC[C@]45C)[C@]3(C)CO)OC[C@H](O)[C@@H]2O[C@@H]2O[C@H](C(=O)O)[C@@H](O)[C@H](O)[C@H]2O)[C@H](O)[C@H](O)[C@H]1O. The smallest absolute Gasteiger partial charge is 0.335 e. The minimum absolute atomic E-state index is 0.00917. The van der Waals surface area contributed by atoms with Gasteiger partial charge < -0.3 is 149 Å². The number of carboxylic acids is 1. The van der Waals surface area contributed by atoms with E-state index in [0.717, 1.165) is 5.57 Å². The first kappa shape index (κ1) is 75.7. The summed E-state index contributed by atoms with van der Waals surface area (Å²) in [5.74, 6) is -2.93. The molecule has 6 aliphatic heterocycles. The van der Waals surface area contributed by atoms with Crippen LogP contribution in [0.5, 0.6) is 0 Å². The maximum Gasteiger partial charge on any atom is 0.335 e. The van der Waals surface area contributed by atoms with Gasteiger partial charge >= 0.3 is 11.9 Å². The molecule has 4 saturated carbocycles. The minimum atomic E-state index is -2.09. The Morgan fingerprint density at radius 2 is 1.07 bits per heavy atom. The van der Waals surface area contributed by atoms with Crippen molar-refractivity contribution in [1.29, 1.82) is 0 Å². The van der Waals surface area contributed by atoms with Gasteiger partial charge in [0.2, 0.25) is 6.29 Å². The molecule has 0 radical (unpaired) electrons. The van der Waals surface area contributed by atoms with Gasteiger partial charge in [0.15, 0.2) is 37.6 Å². The molecule has 10 fully saturated rings. The molecule has 0 aromatic heterocycles. The normalized spacial score (nSPS) is 54.6. The van der Waals surface area contributed by atoms with Crippen molar-refractivity contribution in [3.8, 4) is 0 Å². The highest BCUT2D eigenvalue weighted by Crippen LogP contribution is 2.76. The van der Waals surface area contributed by atoms with Gasteiger partial charge in [0, 0.05) is 5.41 Å². The molecule has 0 aromatic rings. The Morgan fingerprint density at radius 1 is 0.526 bits per heavy atom. The average Bonchev–Trinajstić information content (AvgIpc) is 0.675. The van der Waals surface area contributed by atoms with Crippen LogP contribution in [-0.4, -0.2) is 315 Å². The lowest BCUT2D eigenvalue weighted by molar-refractivity contribution is -0.387. The number of carboxylic acid groups (broad SMARTS) is 1. The number of fused-ring (bicyclic) bond motifs is 7. The van der Waals surface area contributed by atoms with Crippen molar-refractivity contribution in [1.82, 2.24) is 0 Å². The zero-order valence-electron chi connectivity index (χ0n) is 55.8. The summed E-state index contributed by atoms with van der Waals surface area (Å²) in [4.78, 5) is 27.5. The van der Waals surface area contributed by atoms with Gasteiger partial charge in [-0.1, -0.05) is 53.2 Å². The Hall–Kier alpha value is -2.44. The Balaban J connectivity index is 0.799. The summed E-state index contributed by atoms with van der Waals surface area (Å²) in [5.41, 5.74) is -2.62. The van der Waals surface area contributed by atoms with Crippen LogP contribution in [0.15, 0.2) is 11.6 Å². The fourth-order valence-electron chi connectivity index (χ4n) is 19.0. The van der Waals surface area contributed by atoms with E-state index in [1.165, 1.54) is 13.8 Å². The number of aliphatic carboxylic acids is 1. The molecular formula is C65H104O32. The van der Waals surface area contributed by atoms with E-state index < -0.39 is 243 Å². The molecule has 0 amide bonds. The summed E-state index contributed by atoms with van der Waals surface area (Å²) < 4.78 is 71.7. The van der Waals surface area contributed by atoms with Crippen LogP contribution in [0.2, 0.25) is 0 Å². The highest BCUT2D eigenvalue weighted by molar-refractivity contribution is 5.79. The number of aliphatic hydroxyl groups is 17. The third-order valence-electron chi connectivity index (χ3n) is 25.3. The van der Waals surface area contributed by atoms with Gasteiger partial charge in [-0.15, -0.1) is 0 Å². The lowest BCUT2D eigenvalue weighted by Gasteiger charge is -2.71. The maximum atomic E-state index is 15.4. The maximum absolute atomic E-state index is 15.4. The number of aliphatic hydroxyl groups excluding tert-OH is 17. The number of hydrogen-bond donors (Lipinski definition) is 18. The molecular weight excluding hydrogens is 1290 g/mol. The Bertz CT molecular complexity index is 2780. The minimum Gasteiger partial charge on any atom is -0.479 e. The molecule has 38 atom stereocenters. The van der Waals surface area contributed by atoms with Crippen LogP contribution in [-0.2, 0) is 66.4 Å². The molecule has 0 bridgehead atoms. The van der Waals surface area contributed by atoms with Crippen molar-refractivity contribution in [2.75, 3.05) is 26.4 Å². The Kier molecular flexibility index (Phi) is 22.0. The number of carbonyl (C=O) groups excluding carboxylic acids is 1. The molecule has 0 aromatic carbocycles. The Morgan fingerprint density at radius 3 is 1.68 bits per heavy atom. The van der Waals surface area contributed by atoms with E-state index in [4.69, 9.17) is 56.8 Å². The summed E-state index contributed by atoms with van der Waals surface area (Å²) in [7, 11) is 0. The topological polar surface area (TPSA) is 509 Å². The molecule has 97 heavy (non-hydrogen) atoms. The summed E-state index contributed by atoms with van der Waals surface area (Å²) in [6, 6.07) is 0. The van der Waals surface area contributed by atoms with Crippen LogP contribution < -0.4 is 0 Å². The second-order valence-corrected chi connectivity index (χ2v) is 31.3. The molecule has 11 aliphatic rings. The van der Waals surface area contributed by atoms with E-state index in [1.807, 2.05) is 6.92 Å². The first-order valence-electron chi connectivity index (χ1n) is 34.1. The van der Waals surface area contributed by atoms with Gasteiger partial charge in [-0.2, -0.15) is 0 Å². The molecule has 5 aliphatic carbocycles. The second-order valence-electron chi connectivity index (χ2n) is 31.3. The molecule has 11 rings (SSSR count). The predicted octanol–water partition coefficient (Wildman–Crippen LogP) is -4.63. The van der Waals surface area contributed by atoms with Gasteiger partial charge in [-0.05, 0) is 117 Å². The van der Waals surface area contributed by atoms with Crippen molar-refractivity contribution >= 4 is 11.9 Å². The van der Waals surface area contributed by atoms with Gasteiger partial charge in [-0.25, -0.2) is 4.79 Å². The number of rotatable bonds is 16. The van der Waals surface area contributed by atoms with E-state index in [-0.39, 0.29) is 29.8 Å². The van der Waals surface area contributed by atoms with Crippen molar-refractivity contribution in [3.63, 3.8) is 0 Å². The quantitative estimate of drug-likeness (QED) is 0.0393. The van der Waals surface area contributed by atoms with Gasteiger partial charge in [0.05, 0.1) is 50.2 Å². The second kappa shape index (κ2) is 28.2. The predicted molar refractivity (Wildman–Crippen MR) is 321 cm³/mol. The van der Waals surface area contributed by atoms with Crippen LogP contribution in [0, 0.1) is 50.2 Å². The van der Waals surface area contributed by atoms with Crippen molar-refractivity contribution in [2.24, 2.45) is 50.2 Å². The highest BCUT2D eigenvalue weighted by Gasteiger charge is 2.71. The summed E-state index contributed by atoms with van der Waals surface area (Å²) in [5, 5.41) is 196. The van der Waals surface area contributed by atoms with Gasteiger partial charge in [0.1, 0.15) is 122 Å². The van der Waals surface area contributed by atoms with E-state index in [9.17, 15) is 96.7 Å². The third kappa shape index (κ3) is 13.0. The van der Waals surface area contributed by atoms with E-state index in [2.05, 4.69) is 40.7 Å². The number of hydrogen-bond acceptors (Lipinski definition) is 31. The van der Waals surface area contributed by atoms with E-state index in [0.29, 0.717) is 64.2 Å². The molecule has 0 spiro atoms. The van der Waals surface area contributed by atoms with E-state index in [1.54, 1.807) is 0 Å². The first-order valence-corrected chi connectivity index (χ1v) is 34.1. The lowest BCUT2D eigenvalue weighted by Crippen LogP contribution is -2.67. The fraction of sp³-hybridized carbons (Fsp3) is 0.938. The molecule has 556 valence electrons. The van der Waals surface area contributed by atoms with E-state index >= 15 is 4.79 Å². The Labute approximate surface area is 560 Å². The van der Waals surface area contributed by atoms with Crippen LogP contribution in [0.3, 0.4) is 0 Å². The average molecular weight is 1400 g/mol. The zero-order valence-corrected chi connectivity index (χ0v) is 55.8. The van der Waals surface area contributed by atoms with Crippen molar-refractivity contribution in [2.45, 2.75) is 304 Å². The first-order chi connectivity index (χ1) is 45.4. The molecule has 32 heteroatoms.